The van der Waals surface area contributed by atoms with E-state index in [1.54, 1.807) is 11.0 Å². The van der Waals surface area contributed by atoms with Crippen molar-refractivity contribution in [2.24, 2.45) is 4.99 Å². The van der Waals surface area contributed by atoms with Crippen molar-refractivity contribution in [3.05, 3.63) is 37.9 Å². The quantitative estimate of drug-likeness (QED) is 0.513. The van der Waals surface area contributed by atoms with Crippen LogP contribution in [0.1, 0.15) is 0 Å². The first-order valence-corrected chi connectivity index (χ1v) is 7.77. The van der Waals surface area contributed by atoms with Crippen LogP contribution in [0.2, 0.25) is 0 Å². The van der Waals surface area contributed by atoms with Crippen molar-refractivity contribution < 1.29 is 0 Å². The molecule has 7 heteroatoms. The fourth-order valence-electron chi connectivity index (χ4n) is 1.39. The Morgan fingerprint density at radius 1 is 1.16 bits per heavy atom. The van der Waals surface area contributed by atoms with Crippen LogP contribution in [-0.2, 0) is 0 Å². The molecule has 2 aromatic rings. The number of hydrogen-bond acceptors (Lipinski definition) is 2. The highest BCUT2D eigenvalue weighted by Crippen LogP contribution is 2.32. The predicted molar refractivity (Wildman–Crippen MR) is 88.5 cm³/mol. The molecule has 0 aliphatic rings. The molecule has 0 atom stereocenters. The number of halogens is 3. The van der Waals surface area contributed by atoms with Crippen LogP contribution in [0.15, 0.2) is 42.9 Å². The van der Waals surface area contributed by atoms with E-state index in [1.165, 1.54) is 0 Å². The summed E-state index contributed by atoms with van der Waals surface area (Å²) in [5.41, 5.74) is 1.86. The monoisotopic (exact) mass is 448 g/mol. The zero-order valence-electron chi connectivity index (χ0n) is 10.3. The van der Waals surface area contributed by atoms with Gasteiger partial charge in [-0.1, -0.05) is 0 Å². The lowest BCUT2D eigenvalue weighted by molar-refractivity contribution is 0.643. The van der Waals surface area contributed by atoms with Gasteiger partial charge < -0.3 is 4.90 Å². The molecule has 4 nitrogen and oxygen atoms in total. The summed E-state index contributed by atoms with van der Waals surface area (Å²) in [6, 6.07) is 7.84. The van der Waals surface area contributed by atoms with Crippen molar-refractivity contribution in [1.82, 2.24) is 14.7 Å². The Balaban J connectivity index is 2.30. The number of aromatic nitrogens is 2. The highest BCUT2D eigenvalue weighted by atomic mass is 79.9. The first-order chi connectivity index (χ1) is 8.99. The second-order valence-electron chi connectivity index (χ2n) is 4.03. The Bertz CT molecular complexity index is 602. The van der Waals surface area contributed by atoms with Crippen molar-refractivity contribution in [1.29, 1.82) is 0 Å². The van der Waals surface area contributed by atoms with Gasteiger partial charge in [0.15, 0.2) is 0 Å². The average Bonchev–Trinajstić information content (AvgIpc) is 2.65. The molecule has 2 rings (SSSR count). The van der Waals surface area contributed by atoms with E-state index in [-0.39, 0.29) is 0 Å². The zero-order valence-corrected chi connectivity index (χ0v) is 15.1. The molecule has 0 amide bonds. The number of hydrogen-bond donors (Lipinski definition) is 0. The fourth-order valence-corrected chi connectivity index (χ4v) is 2.72. The van der Waals surface area contributed by atoms with Gasteiger partial charge in [-0.05, 0) is 72.1 Å². The van der Waals surface area contributed by atoms with Crippen LogP contribution < -0.4 is 0 Å². The molecule has 0 fully saturated rings. The van der Waals surface area contributed by atoms with E-state index in [0.29, 0.717) is 0 Å². The highest BCUT2D eigenvalue weighted by molar-refractivity contribution is 9.14. The second kappa shape index (κ2) is 6.19. The van der Waals surface area contributed by atoms with Gasteiger partial charge in [0.2, 0.25) is 0 Å². The molecule has 0 unspecified atom stereocenters. The topological polar surface area (TPSA) is 33.4 Å². The molecule has 0 aliphatic heterocycles. The maximum atomic E-state index is 4.38. The Morgan fingerprint density at radius 3 is 2.26 bits per heavy atom. The lowest BCUT2D eigenvalue weighted by Gasteiger charge is -2.05. The van der Waals surface area contributed by atoms with Gasteiger partial charge in [-0.3, -0.25) is 0 Å². The minimum Gasteiger partial charge on any atom is -0.369 e. The van der Waals surface area contributed by atoms with Crippen molar-refractivity contribution in [3.63, 3.8) is 0 Å². The molecule has 0 saturated carbocycles. The predicted octanol–water partition coefficient (Wildman–Crippen LogP) is 4.38. The van der Waals surface area contributed by atoms with Gasteiger partial charge >= 0.3 is 0 Å². The summed E-state index contributed by atoms with van der Waals surface area (Å²) >= 11 is 10.3. The van der Waals surface area contributed by atoms with Gasteiger partial charge in [-0.15, -0.1) is 0 Å². The summed E-state index contributed by atoms with van der Waals surface area (Å²) in [5, 5.41) is 4.38. The van der Waals surface area contributed by atoms with Crippen LogP contribution in [0.5, 0.6) is 0 Å². The number of nitrogens with zero attached hydrogens (tertiary/aromatic N) is 4. The third kappa shape index (κ3) is 3.46. The molecule has 100 valence electrons. The minimum atomic E-state index is 0.758. The molecule has 1 aromatic carbocycles. The van der Waals surface area contributed by atoms with E-state index in [0.717, 1.165) is 25.1 Å². The first-order valence-electron chi connectivity index (χ1n) is 5.39. The Kier molecular flexibility index (Phi) is 4.81. The standard InChI is InChI=1S/C12H11Br3N4/c1-18(2)7-16-8-3-5-9(6-4-8)19-12(15)10(13)11(14)17-19/h3-7H,1-2H3. The van der Waals surface area contributed by atoms with Crippen molar-refractivity contribution in [2.45, 2.75) is 0 Å². The summed E-state index contributed by atoms with van der Waals surface area (Å²) in [6.45, 7) is 0. The van der Waals surface area contributed by atoms with Crippen LogP contribution in [-0.4, -0.2) is 35.1 Å². The van der Waals surface area contributed by atoms with Crippen LogP contribution in [0.25, 0.3) is 5.69 Å². The number of aliphatic imine (C=N–C) groups is 1. The third-order valence-electron chi connectivity index (χ3n) is 2.27. The Hall–Kier alpha value is -0.660. The molecule has 0 aliphatic carbocycles. The lowest BCUT2D eigenvalue weighted by Crippen LogP contribution is -2.06. The van der Waals surface area contributed by atoms with E-state index < -0.39 is 0 Å². The fraction of sp³-hybridized carbons (Fsp3) is 0.167. The third-order valence-corrected chi connectivity index (χ3v) is 5.37. The summed E-state index contributed by atoms with van der Waals surface area (Å²) in [4.78, 5) is 6.22. The van der Waals surface area contributed by atoms with Gasteiger partial charge in [0.05, 0.1) is 22.2 Å². The Morgan fingerprint density at radius 2 is 1.79 bits per heavy atom. The van der Waals surface area contributed by atoms with Crippen LogP contribution in [0.3, 0.4) is 0 Å². The molecule has 0 N–H and O–H groups in total. The summed E-state index contributed by atoms with van der Waals surface area (Å²) in [6.07, 6.45) is 1.77. The highest BCUT2D eigenvalue weighted by Gasteiger charge is 2.12. The van der Waals surface area contributed by atoms with Crippen molar-refractivity contribution in [2.75, 3.05) is 14.1 Å². The molecule has 0 radical (unpaired) electrons. The molecule has 1 aromatic heterocycles. The maximum absolute atomic E-state index is 4.38. The van der Waals surface area contributed by atoms with Crippen molar-refractivity contribution in [3.8, 4) is 5.69 Å². The van der Waals surface area contributed by atoms with Gasteiger partial charge in [-0.25, -0.2) is 9.67 Å². The zero-order chi connectivity index (χ0) is 14.0. The molecule has 1 heterocycles. The van der Waals surface area contributed by atoms with Gasteiger partial charge in [0.25, 0.3) is 0 Å². The van der Waals surface area contributed by atoms with Crippen molar-refractivity contribution >= 4 is 59.8 Å². The normalized spacial score (nSPS) is 11.2. The molecule has 0 saturated heterocycles. The minimum absolute atomic E-state index is 0.758. The maximum Gasteiger partial charge on any atom is 0.143 e. The van der Waals surface area contributed by atoms with E-state index >= 15 is 0 Å². The molecule has 0 spiro atoms. The molecular formula is C12H11Br3N4. The van der Waals surface area contributed by atoms with Crippen LogP contribution in [0.4, 0.5) is 5.69 Å². The summed E-state index contributed by atoms with van der Waals surface area (Å²) in [5.74, 6) is 0. The first kappa shape index (κ1) is 14.7. The molecule has 19 heavy (non-hydrogen) atoms. The number of rotatable bonds is 3. The van der Waals surface area contributed by atoms with E-state index in [2.05, 4.69) is 57.9 Å². The van der Waals surface area contributed by atoms with Crippen LogP contribution in [0, 0.1) is 0 Å². The smallest absolute Gasteiger partial charge is 0.143 e. The largest absolute Gasteiger partial charge is 0.369 e. The number of benzene rings is 1. The summed E-state index contributed by atoms with van der Waals surface area (Å²) < 4.78 is 4.31. The molecule has 0 bridgehead atoms. The SMILES string of the molecule is CN(C)C=Nc1ccc(-n2nc(Br)c(Br)c2Br)cc1. The van der Waals surface area contributed by atoms with Gasteiger partial charge in [-0.2, -0.15) is 5.10 Å². The van der Waals surface area contributed by atoms with Crippen LogP contribution >= 0.6 is 47.8 Å². The Labute approximate surface area is 136 Å². The van der Waals surface area contributed by atoms with Gasteiger partial charge in [0.1, 0.15) is 9.21 Å². The lowest BCUT2D eigenvalue weighted by atomic mass is 10.3. The summed E-state index contributed by atoms with van der Waals surface area (Å²) in [7, 11) is 3.88. The average molecular weight is 451 g/mol. The second-order valence-corrected chi connectivity index (χ2v) is 6.33. The molecular weight excluding hydrogens is 440 g/mol. The van der Waals surface area contributed by atoms with E-state index in [9.17, 15) is 0 Å². The van der Waals surface area contributed by atoms with E-state index in [4.69, 9.17) is 0 Å². The van der Waals surface area contributed by atoms with E-state index in [1.807, 2.05) is 43.3 Å². The van der Waals surface area contributed by atoms with Gasteiger partial charge in [0, 0.05) is 14.1 Å².